The van der Waals surface area contributed by atoms with Crippen LogP contribution in [0.1, 0.15) is 31.4 Å². The van der Waals surface area contributed by atoms with Gasteiger partial charge in [-0.05, 0) is 25.5 Å². The molecule has 0 aliphatic carbocycles. The summed E-state index contributed by atoms with van der Waals surface area (Å²) >= 11 is 1.75. The number of aromatic amines is 1. The molecule has 0 bridgehead atoms. The molecule has 2 rings (SSSR count). The summed E-state index contributed by atoms with van der Waals surface area (Å²) in [6, 6.07) is 0.0393. The quantitative estimate of drug-likeness (QED) is 0.819. The van der Waals surface area contributed by atoms with Gasteiger partial charge in [-0.3, -0.25) is 9.89 Å². The maximum Gasteiger partial charge on any atom is 0.233 e. The number of hydrogen-bond acceptors (Lipinski definition) is 3. The number of nitrogens with zero attached hydrogens (tertiary/aromatic N) is 1. The number of carbonyl (C=O) groups is 1. The summed E-state index contributed by atoms with van der Waals surface area (Å²) in [4.78, 5) is 11.8. The summed E-state index contributed by atoms with van der Waals surface area (Å²) in [6.45, 7) is 1.97. The van der Waals surface area contributed by atoms with E-state index in [2.05, 4.69) is 15.5 Å². The predicted molar refractivity (Wildman–Crippen MR) is 60.6 cm³/mol. The first-order valence-corrected chi connectivity index (χ1v) is 6.23. The van der Waals surface area contributed by atoms with Crippen molar-refractivity contribution in [2.24, 2.45) is 0 Å². The molecule has 15 heavy (non-hydrogen) atoms. The first-order chi connectivity index (χ1) is 7.27. The summed E-state index contributed by atoms with van der Waals surface area (Å²) in [5, 5.41) is 9.77. The Labute approximate surface area is 93.2 Å². The minimum Gasteiger partial charge on any atom is -0.349 e. The fraction of sp³-hybridized carbons (Fsp3) is 0.600. The Hall–Kier alpha value is -0.970. The molecule has 1 aromatic rings. The van der Waals surface area contributed by atoms with Crippen molar-refractivity contribution in [2.45, 2.75) is 31.1 Å². The van der Waals surface area contributed by atoms with Gasteiger partial charge in [0.1, 0.15) is 0 Å². The fourth-order valence-corrected chi connectivity index (χ4v) is 2.84. The van der Waals surface area contributed by atoms with Crippen LogP contribution >= 0.6 is 11.8 Å². The minimum absolute atomic E-state index is 0.0393. The number of carbonyl (C=O) groups excluding carboxylic acids is 1. The Bertz CT molecular complexity index is 319. The zero-order valence-electron chi connectivity index (χ0n) is 8.69. The van der Waals surface area contributed by atoms with Crippen molar-refractivity contribution in [3.8, 4) is 0 Å². The maximum absolute atomic E-state index is 11.8. The van der Waals surface area contributed by atoms with Gasteiger partial charge in [0.25, 0.3) is 0 Å². The van der Waals surface area contributed by atoms with Gasteiger partial charge in [-0.2, -0.15) is 5.10 Å². The molecule has 0 aromatic carbocycles. The van der Waals surface area contributed by atoms with Gasteiger partial charge in [0.2, 0.25) is 5.91 Å². The van der Waals surface area contributed by atoms with Gasteiger partial charge in [-0.25, -0.2) is 0 Å². The van der Waals surface area contributed by atoms with Crippen molar-refractivity contribution in [3.63, 3.8) is 0 Å². The van der Waals surface area contributed by atoms with Crippen LogP contribution in [-0.2, 0) is 4.79 Å². The van der Waals surface area contributed by atoms with E-state index >= 15 is 0 Å². The molecule has 0 spiro atoms. The highest BCUT2D eigenvalue weighted by molar-refractivity contribution is 8.00. The molecule has 2 heterocycles. The molecule has 2 N–H and O–H groups in total. The molecule has 2 unspecified atom stereocenters. The molecular weight excluding hydrogens is 210 g/mol. The van der Waals surface area contributed by atoms with Crippen molar-refractivity contribution in [1.29, 1.82) is 0 Å². The number of aromatic nitrogens is 2. The standard InChI is InChI=1S/C10H15N3OS/c1-7(8-5-11-12-6-8)13-10(14)9-3-2-4-15-9/h5-7,9H,2-4H2,1H3,(H,11,12)(H,13,14). The highest BCUT2D eigenvalue weighted by atomic mass is 32.2. The summed E-state index contributed by atoms with van der Waals surface area (Å²) in [7, 11) is 0. The van der Waals surface area contributed by atoms with Gasteiger partial charge in [0.05, 0.1) is 17.5 Å². The zero-order chi connectivity index (χ0) is 10.7. The second kappa shape index (κ2) is 4.70. The van der Waals surface area contributed by atoms with Crippen LogP contribution in [0.25, 0.3) is 0 Å². The molecule has 1 aliphatic heterocycles. The highest BCUT2D eigenvalue weighted by Gasteiger charge is 2.24. The van der Waals surface area contributed by atoms with Crippen LogP contribution in [0.3, 0.4) is 0 Å². The number of H-pyrrole nitrogens is 1. The van der Waals surface area contributed by atoms with E-state index in [-0.39, 0.29) is 17.2 Å². The van der Waals surface area contributed by atoms with Crippen LogP contribution in [0.15, 0.2) is 12.4 Å². The lowest BCUT2D eigenvalue weighted by Gasteiger charge is -2.15. The van der Waals surface area contributed by atoms with E-state index in [1.54, 1.807) is 18.0 Å². The molecule has 82 valence electrons. The van der Waals surface area contributed by atoms with E-state index in [1.807, 2.05) is 13.1 Å². The van der Waals surface area contributed by atoms with E-state index in [1.165, 1.54) is 0 Å². The fourth-order valence-electron chi connectivity index (χ4n) is 1.67. The average molecular weight is 225 g/mol. The van der Waals surface area contributed by atoms with Crippen molar-refractivity contribution in [3.05, 3.63) is 18.0 Å². The van der Waals surface area contributed by atoms with Gasteiger partial charge < -0.3 is 5.32 Å². The van der Waals surface area contributed by atoms with Gasteiger partial charge in [-0.1, -0.05) is 0 Å². The predicted octanol–water partition coefficient (Wildman–Crippen LogP) is 1.48. The van der Waals surface area contributed by atoms with Crippen molar-refractivity contribution >= 4 is 17.7 Å². The number of nitrogens with one attached hydrogen (secondary N) is 2. The number of rotatable bonds is 3. The second-order valence-corrected chi connectivity index (χ2v) is 5.07. The Kier molecular flexibility index (Phi) is 3.30. The molecule has 2 atom stereocenters. The third kappa shape index (κ3) is 2.53. The molecule has 0 saturated carbocycles. The number of thioether (sulfide) groups is 1. The Morgan fingerprint density at radius 3 is 3.27 bits per heavy atom. The summed E-state index contributed by atoms with van der Waals surface area (Å²) in [5.74, 6) is 1.27. The molecule has 0 radical (unpaired) electrons. The number of amides is 1. The molecule has 1 amide bonds. The Morgan fingerprint density at radius 2 is 2.67 bits per heavy atom. The molecule has 1 aromatic heterocycles. The van der Waals surface area contributed by atoms with Crippen LogP contribution in [-0.4, -0.2) is 27.1 Å². The monoisotopic (exact) mass is 225 g/mol. The van der Waals surface area contributed by atoms with E-state index in [0.717, 1.165) is 24.2 Å². The molecule has 1 fully saturated rings. The van der Waals surface area contributed by atoms with Crippen molar-refractivity contribution < 1.29 is 4.79 Å². The second-order valence-electron chi connectivity index (χ2n) is 3.76. The van der Waals surface area contributed by atoms with Gasteiger partial charge in [0.15, 0.2) is 0 Å². The van der Waals surface area contributed by atoms with E-state index in [0.29, 0.717) is 0 Å². The van der Waals surface area contributed by atoms with Gasteiger partial charge in [-0.15, -0.1) is 11.8 Å². The molecular formula is C10H15N3OS. The average Bonchev–Trinajstić information content (AvgIpc) is 2.91. The van der Waals surface area contributed by atoms with Crippen molar-refractivity contribution in [2.75, 3.05) is 5.75 Å². The van der Waals surface area contributed by atoms with Crippen LogP contribution in [0.2, 0.25) is 0 Å². The third-order valence-electron chi connectivity index (χ3n) is 2.60. The molecule has 5 heteroatoms. The van der Waals surface area contributed by atoms with E-state index in [9.17, 15) is 4.79 Å². The van der Waals surface area contributed by atoms with Crippen LogP contribution < -0.4 is 5.32 Å². The van der Waals surface area contributed by atoms with E-state index in [4.69, 9.17) is 0 Å². The summed E-state index contributed by atoms with van der Waals surface area (Å²) < 4.78 is 0. The van der Waals surface area contributed by atoms with Crippen LogP contribution in [0.5, 0.6) is 0 Å². The Balaban J connectivity index is 1.88. The highest BCUT2D eigenvalue weighted by Crippen LogP contribution is 2.26. The number of hydrogen-bond donors (Lipinski definition) is 2. The summed E-state index contributed by atoms with van der Waals surface area (Å²) in [6.07, 6.45) is 5.72. The smallest absolute Gasteiger partial charge is 0.233 e. The molecule has 1 saturated heterocycles. The Morgan fingerprint density at radius 1 is 1.80 bits per heavy atom. The summed E-state index contributed by atoms with van der Waals surface area (Å²) in [5.41, 5.74) is 1.02. The molecule has 1 aliphatic rings. The maximum atomic E-state index is 11.8. The topological polar surface area (TPSA) is 57.8 Å². The SMILES string of the molecule is CC(NC(=O)C1CCCS1)c1cn[nH]c1. The van der Waals surface area contributed by atoms with Crippen LogP contribution in [0, 0.1) is 0 Å². The lowest BCUT2D eigenvalue weighted by Crippen LogP contribution is -2.33. The van der Waals surface area contributed by atoms with E-state index < -0.39 is 0 Å². The molecule has 4 nitrogen and oxygen atoms in total. The first kappa shape index (κ1) is 10.5. The van der Waals surface area contributed by atoms with Gasteiger partial charge >= 0.3 is 0 Å². The minimum atomic E-state index is 0.0393. The third-order valence-corrected chi connectivity index (χ3v) is 3.98. The largest absolute Gasteiger partial charge is 0.349 e. The lowest BCUT2D eigenvalue weighted by atomic mass is 10.1. The normalized spacial score (nSPS) is 22.6. The van der Waals surface area contributed by atoms with Crippen LogP contribution in [0.4, 0.5) is 0 Å². The van der Waals surface area contributed by atoms with Crippen molar-refractivity contribution in [1.82, 2.24) is 15.5 Å². The van der Waals surface area contributed by atoms with Gasteiger partial charge in [0, 0.05) is 11.8 Å². The first-order valence-electron chi connectivity index (χ1n) is 5.18. The lowest BCUT2D eigenvalue weighted by molar-refractivity contribution is -0.121. The zero-order valence-corrected chi connectivity index (χ0v) is 9.51.